The zero-order valence-corrected chi connectivity index (χ0v) is 14.5. The number of hydrogen-bond donors (Lipinski definition) is 2. The largest absolute Gasteiger partial charge is 0.325 e. The number of carbonyl (C=O) groups excluding carboxylic acids is 2. The Labute approximate surface area is 145 Å². The van der Waals surface area contributed by atoms with Gasteiger partial charge < -0.3 is 5.32 Å². The summed E-state index contributed by atoms with van der Waals surface area (Å²) in [5.41, 5.74) is 1.06. The number of hydrogen-bond acceptors (Lipinski definition) is 4. The van der Waals surface area contributed by atoms with Gasteiger partial charge in [0.1, 0.15) is 5.82 Å². The molecule has 0 saturated carbocycles. The number of benzene rings is 2. The van der Waals surface area contributed by atoms with Crippen molar-refractivity contribution in [3.63, 3.8) is 0 Å². The van der Waals surface area contributed by atoms with Crippen molar-refractivity contribution >= 4 is 27.4 Å². The van der Waals surface area contributed by atoms with Crippen molar-refractivity contribution in [2.24, 2.45) is 0 Å². The van der Waals surface area contributed by atoms with Gasteiger partial charge in [-0.3, -0.25) is 9.59 Å². The smallest absolute Gasteiger partial charge is 0.241 e. The molecule has 1 amide bonds. The lowest BCUT2D eigenvalue weighted by Crippen LogP contribution is -2.32. The van der Waals surface area contributed by atoms with E-state index in [1.807, 2.05) is 0 Å². The summed E-state index contributed by atoms with van der Waals surface area (Å²) in [6.07, 6.45) is 0. The summed E-state index contributed by atoms with van der Waals surface area (Å²) in [6, 6.07) is 9.54. The van der Waals surface area contributed by atoms with E-state index in [1.165, 1.54) is 43.3 Å². The second-order valence-electron chi connectivity index (χ2n) is 5.42. The number of anilines is 1. The minimum Gasteiger partial charge on any atom is -0.325 e. The minimum absolute atomic E-state index is 0.0633. The molecule has 2 N–H and O–H groups in total. The average Bonchev–Trinajstić information content (AvgIpc) is 2.56. The molecule has 0 heterocycles. The molecule has 0 saturated heterocycles. The molecule has 0 aromatic heterocycles. The van der Waals surface area contributed by atoms with Gasteiger partial charge in [-0.05, 0) is 43.7 Å². The fourth-order valence-electron chi connectivity index (χ4n) is 1.99. The summed E-state index contributed by atoms with van der Waals surface area (Å²) in [5.74, 6) is -1.28. The third-order valence-electron chi connectivity index (χ3n) is 3.45. The predicted octanol–water partition coefficient (Wildman–Crippen LogP) is 2.25. The Morgan fingerprint density at radius 2 is 1.72 bits per heavy atom. The monoisotopic (exact) mass is 364 g/mol. The first-order chi connectivity index (χ1) is 11.7. The number of sulfonamides is 1. The Morgan fingerprint density at radius 3 is 2.28 bits per heavy atom. The molecule has 6 nitrogen and oxygen atoms in total. The minimum atomic E-state index is -3.90. The van der Waals surface area contributed by atoms with E-state index in [1.54, 1.807) is 6.92 Å². The molecular formula is C17H17FN2O4S. The molecule has 0 bridgehead atoms. The maximum Gasteiger partial charge on any atom is 0.241 e. The normalized spacial score (nSPS) is 11.2. The van der Waals surface area contributed by atoms with Crippen molar-refractivity contribution < 1.29 is 22.4 Å². The maximum atomic E-state index is 13.4. The predicted molar refractivity (Wildman–Crippen MR) is 91.4 cm³/mol. The van der Waals surface area contributed by atoms with Gasteiger partial charge in [-0.15, -0.1) is 0 Å². The van der Waals surface area contributed by atoms with E-state index in [4.69, 9.17) is 0 Å². The van der Waals surface area contributed by atoms with E-state index in [-0.39, 0.29) is 16.4 Å². The Morgan fingerprint density at radius 1 is 1.08 bits per heavy atom. The third kappa shape index (κ3) is 4.94. The van der Waals surface area contributed by atoms with Gasteiger partial charge >= 0.3 is 0 Å². The molecule has 0 atom stereocenters. The molecule has 0 radical (unpaired) electrons. The van der Waals surface area contributed by atoms with Gasteiger partial charge in [-0.2, -0.15) is 0 Å². The number of aryl methyl sites for hydroxylation is 1. The van der Waals surface area contributed by atoms with E-state index in [2.05, 4.69) is 10.0 Å². The number of amides is 1. The molecule has 8 heteroatoms. The van der Waals surface area contributed by atoms with Gasteiger partial charge in [0, 0.05) is 11.3 Å². The fraction of sp³-hybridized carbons (Fsp3) is 0.176. The summed E-state index contributed by atoms with van der Waals surface area (Å²) in [5, 5.41) is 2.41. The number of halogens is 1. The summed E-state index contributed by atoms with van der Waals surface area (Å²) < 4.78 is 39.8. The highest BCUT2D eigenvalue weighted by Gasteiger charge is 2.16. The molecule has 25 heavy (non-hydrogen) atoms. The lowest BCUT2D eigenvalue weighted by atomic mass is 10.2. The van der Waals surface area contributed by atoms with E-state index in [0.29, 0.717) is 11.1 Å². The SMILES string of the molecule is CC(=O)c1ccc(S(=O)(=O)NCC(=O)Nc2ccc(C)c(F)c2)cc1. The molecular weight excluding hydrogens is 347 g/mol. The number of nitrogens with one attached hydrogen (secondary N) is 2. The lowest BCUT2D eigenvalue weighted by Gasteiger charge is -2.09. The molecule has 0 fully saturated rings. The van der Waals surface area contributed by atoms with Crippen molar-refractivity contribution in [1.82, 2.24) is 4.72 Å². The van der Waals surface area contributed by atoms with Crippen LogP contribution >= 0.6 is 0 Å². The second kappa shape index (κ2) is 7.54. The van der Waals surface area contributed by atoms with Crippen molar-refractivity contribution in [2.75, 3.05) is 11.9 Å². The molecule has 2 aromatic carbocycles. The van der Waals surface area contributed by atoms with Crippen LogP contribution in [0.1, 0.15) is 22.8 Å². The molecule has 0 aliphatic heterocycles. The Balaban J connectivity index is 1.99. The van der Waals surface area contributed by atoms with Crippen molar-refractivity contribution in [1.29, 1.82) is 0 Å². The zero-order chi connectivity index (χ0) is 18.6. The van der Waals surface area contributed by atoms with Crippen molar-refractivity contribution in [3.8, 4) is 0 Å². The van der Waals surface area contributed by atoms with E-state index >= 15 is 0 Å². The third-order valence-corrected chi connectivity index (χ3v) is 4.87. The number of ketones is 1. The van der Waals surface area contributed by atoms with Crippen molar-refractivity contribution in [2.45, 2.75) is 18.7 Å². The first-order valence-corrected chi connectivity index (χ1v) is 8.84. The summed E-state index contributed by atoms with van der Waals surface area (Å²) in [4.78, 5) is 23.0. The van der Waals surface area contributed by atoms with Gasteiger partial charge in [0.2, 0.25) is 15.9 Å². The molecule has 0 aliphatic carbocycles. The van der Waals surface area contributed by atoms with Crippen LogP contribution in [0.25, 0.3) is 0 Å². The molecule has 132 valence electrons. The Hall–Kier alpha value is -2.58. The second-order valence-corrected chi connectivity index (χ2v) is 7.18. The van der Waals surface area contributed by atoms with Gasteiger partial charge in [0.15, 0.2) is 5.78 Å². The van der Waals surface area contributed by atoms with E-state index in [0.717, 1.165) is 6.07 Å². The van der Waals surface area contributed by atoms with Crippen LogP contribution in [0.3, 0.4) is 0 Å². The standard InChI is InChI=1S/C17H17FN2O4S/c1-11-3-6-14(9-16(11)18)20-17(22)10-19-25(23,24)15-7-4-13(5-8-15)12(2)21/h3-9,19H,10H2,1-2H3,(H,20,22). The van der Waals surface area contributed by atoms with Crippen LogP contribution in [0, 0.1) is 12.7 Å². The van der Waals surface area contributed by atoms with Crippen molar-refractivity contribution in [3.05, 3.63) is 59.4 Å². The van der Waals surface area contributed by atoms with E-state index in [9.17, 15) is 22.4 Å². The van der Waals surface area contributed by atoms with Crippen LogP contribution in [0.15, 0.2) is 47.4 Å². The fourth-order valence-corrected chi connectivity index (χ4v) is 2.97. The Bertz CT molecular complexity index is 909. The molecule has 0 unspecified atom stereocenters. The van der Waals surface area contributed by atoms with Crippen LogP contribution in [0.2, 0.25) is 0 Å². The molecule has 2 rings (SSSR count). The number of carbonyl (C=O) groups is 2. The highest BCUT2D eigenvalue weighted by atomic mass is 32.2. The highest BCUT2D eigenvalue weighted by molar-refractivity contribution is 7.89. The summed E-state index contributed by atoms with van der Waals surface area (Å²) >= 11 is 0. The Kier molecular flexibility index (Phi) is 5.66. The van der Waals surface area contributed by atoms with Gasteiger partial charge in [0.25, 0.3) is 0 Å². The maximum absolute atomic E-state index is 13.4. The number of rotatable bonds is 6. The topological polar surface area (TPSA) is 92.3 Å². The first kappa shape index (κ1) is 18.8. The van der Waals surface area contributed by atoms with Gasteiger partial charge in [0.05, 0.1) is 11.4 Å². The molecule has 0 aliphatic rings. The summed E-state index contributed by atoms with van der Waals surface area (Å²) in [6.45, 7) is 2.46. The quantitative estimate of drug-likeness (QED) is 0.769. The van der Waals surface area contributed by atoms with Crippen LogP contribution in [0.5, 0.6) is 0 Å². The zero-order valence-electron chi connectivity index (χ0n) is 13.7. The number of Topliss-reactive ketones (excluding diaryl/α,β-unsaturated/α-hetero) is 1. The van der Waals surface area contributed by atoms with Crippen LogP contribution in [-0.2, 0) is 14.8 Å². The lowest BCUT2D eigenvalue weighted by molar-refractivity contribution is -0.115. The van der Waals surface area contributed by atoms with Gasteiger partial charge in [-0.1, -0.05) is 18.2 Å². The van der Waals surface area contributed by atoms with E-state index < -0.39 is 28.3 Å². The first-order valence-electron chi connectivity index (χ1n) is 7.36. The van der Waals surface area contributed by atoms with Gasteiger partial charge in [-0.25, -0.2) is 17.5 Å². The summed E-state index contributed by atoms with van der Waals surface area (Å²) in [7, 11) is -3.90. The van der Waals surface area contributed by atoms with Crippen LogP contribution in [-0.4, -0.2) is 26.7 Å². The highest BCUT2D eigenvalue weighted by Crippen LogP contribution is 2.14. The average molecular weight is 364 g/mol. The molecule has 2 aromatic rings. The van der Waals surface area contributed by atoms with Crippen LogP contribution < -0.4 is 10.0 Å². The van der Waals surface area contributed by atoms with Crippen LogP contribution in [0.4, 0.5) is 10.1 Å². The molecule has 0 spiro atoms.